The van der Waals surface area contributed by atoms with Gasteiger partial charge in [-0.2, -0.15) is 0 Å². The number of rotatable bonds is 11. The Balaban J connectivity index is 1.50. The Morgan fingerprint density at radius 2 is 1.03 bits per heavy atom. The van der Waals surface area contributed by atoms with Gasteiger partial charge in [-0.25, -0.2) is 0 Å². The zero-order valence-corrected chi connectivity index (χ0v) is 19.1. The van der Waals surface area contributed by atoms with Gasteiger partial charge < -0.3 is 14.2 Å². The molecule has 1 fully saturated rings. The highest BCUT2D eigenvalue weighted by Gasteiger charge is 2.39. The van der Waals surface area contributed by atoms with Crippen molar-refractivity contribution in [2.24, 2.45) is 0 Å². The number of likely N-dealkylation sites (tertiary alicyclic amines) is 1. The van der Waals surface area contributed by atoms with Crippen molar-refractivity contribution in [3.05, 3.63) is 120 Å². The number of hydrogen-bond acceptors (Lipinski definition) is 4. The van der Waals surface area contributed by atoms with Crippen LogP contribution in [0.3, 0.4) is 0 Å². The van der Waals surface area contributed by atoms with Gasteiger partial charge in [0.05, 0.1) is 32.0 Å². The smallest absolute Gasteiger partial charge is 0.113 e. The van der Waals surface area contributed by atoms with Crippen molar-refractivity contribution >= 4 is 0 Å². The van der Waals surface area contributed by atoms with E-state index in [4.69, 9.17) is 14.2 Å². The molecule has 3 aromatic rings. The Labute approximate surface area is 197 Å². The molecule has 4 rings (SSSR count). The van der Waals surface area contributed by atoms with Crippen LogP contribution in [0.15, 0.2) is 104 Å². The molecular weight excluding hydrogens is 410 g/mol. The minimum atomic E-state index is -0.168. The Bertz CT molecular complexity index is 895. The van der Waals surface area contributed by atoms with Gasteiger partial charge >= 0.3 is 0 Å². The molecule has 172 valence electrons. The molecule has 2 unspecified atom stereocenters. The summed E-state index contributed by atoms with van der Waals surface area (Å²) in [4.78, 5) is 2.33. The standard InChI is InChI=1S/C29H33NO3/c1-2-18-30-19-27(31-21-24-12-6-3-7-13-24)29(33-23-26-16-10-5-11-17-26)28(20-30)32-22-25-14-8-4-9-15-25/h2-17,27-29H,1,18-23H2. The molecule has 0 aromatic heterocycles. The van der Waals surface area contributed by atoms with E-state index in [0.29, 0.717) is 19.8 Å². The van der Waals surface area contributed by atoms with Gasteiger partial charge in [-0.3, -0.25) is 4.90 Å². The maximum Gasteiger partial charge on any atom is 0.113 e. The van der Waals surface area contributed by atoms with Gasteiger partial charge in [0.25, 0.3) is 0 Å². The van der Waals surface area contributed by atoms with E-state index in [2.05, 4.69) is 47.9 Å². The molecule has 3 aromatic carbocycles. The van der Waals surface area contributed by atoms with E-state index < -0.39 is 0 Å². The second-order valence-corrected chi connectivity index (χ2v) is 8.44. The zero-order chi connectivity index (χ0) is 22.7. The molecule has 0 amide bonds. The van der Waals surface area contributed by atoms with Crippen molar-refractivity contribution in [2.45, 2.75) is 38.1 Å². The van der Waals surface area contributed by atoms with E-state index in [1.54, 1.807) is 0 Å². The average molecular weight is 444 g/mol. The largest absolute Gasteiger partial charge is 0.369 e. The molecule has 0 bridgehead atoms. The minimum absolute atomic E-state index is 0.108. The number of piperidine rings is 1. The lowest BCUT2D eigenvalue weighted by atomic mass is 10.0. The lowest BCUT2D eigenvalue weighted by Gasteiger charge is -2.43. The van der Waals surface area contributed by atoms with E-state index in [0.717, 1.165) is 36.3 Å². The van der Waals surface area contributed by atoms with Crippen molar-refractivity contribution in [3.63, 3.8) is 0 Å². The molecule has 0 saturated carbocycles. The maximum absolute atomic E-state index is 6.50. The third kappa shape index (κ3) is 7.11. The summed E-state index contributed by atoms with van der Waals surface area (Å²) in [5, 5.41) is 0. The first-order valence-electron chi connectivity index (χ1n) is 11.6. The topological polar surface area (TPSA) is 30.9 Å². The average Bonchev–Trinajstić information content (AvgIpc) is 2.87. The molecule has 1 aliphatic heterocycles. The highest BCUT2D eigenvalue weighted by atomic mass is 16.6. The summed E-state index contributed by atoms with van der Waals surface area (Å²) in [6.07, 6.45) is 1.55. The number of nitrogens with zero attached hydrogens (tertiary/aromatic N) is 1. The van der Waals surface area contributed by atoms with E-state index >= 15 is 0 Å². The van der Waals surface area contributed by atoms with Crippen molar-refractivity contribution in [3.8, 4) is 0 Å². The van der Waals surface area contributed by atoms with Gasteiger partial charge in [0, 0.05) is 19.6 Å². The monoisotopic (exact) mass is 443 g/mol. The molecule has 0 N–H and O–H groups in total. The molecule has 1 heterocycles. The van der Waals surface area contributed by atoms with Gasteiger partial charge in [-0.1, -0.05) is 97.1 Å². The first-order chi connectivity index (χ1) is 16.3. The van der Waals surface area contributed by atoms with Crippen molar-refractivity contribution in [1.29, 1.82) is 0 Å². The lowest BCUT2D eigenvalue weighted by Crippen LogP contribution is -2.58. The van der Waals surface area contributed by atoms with Crippen LogP contribution in [0.25, 0.3) is 0 Å². The molecule has 2 atom stereocenters. The van der Waals surface area contributed by atoms with Crippen molar-refractivity contribution < 1.29 is 14.2 Å². The molecule has 1 aliphatic rings. The van der Waals surface area contributed by atoms with Crippen LogP contribution in [0, 0.1) is 0 Å². The molecule has 1 saturated heterocycles. The molecule has 0 aliphatic carbocycles. The quantitative estimate of drug-likeness (QED) is 0.379. The Hall–Kier alpha value is -2.76. The third-order valence-electron chi connectivity index (χ3n) is 5.90. The van der Waals surface area contributed by atoms with E-state index in [-0.39, 0.29) is 18.3 Å². The zero-order valence-electron chi connectivity index (χ0n) is 19.1. The maximum atomic E-state index is 6.50. The molecule has 0 spiro atoms. The summed E-state index contributed by atoms with van der Waals surface area (Å²) in [7, 11) is 0. The highest BCUT2D eigenvalue weighted by Crippen LogP contribution is 2.24. The summed E-state index contributed by atoms with van der Waals surface area (Å²) in [5.41, 5.74) is 3.46. The fourth-order valence-electron chi connectivity index (χ4n) is 4.19. The van der Waals surface area contributed by atoms with Gasteiger partial charge in [-0.15, -0.1) is 6.58 Å². The van der Waals surface area contributed by atoms with Crippen LogP contribution in [0.5, 0.6) is 0 Å². The Kier molecular flexibility index (Phi) is 8.84. The summed E-state index contributed by atoms with van der Waals surface area (Å²) in [5.74, 6) is 0. The van der Waals surface area contributed by atoms with Gasteiger partial charge in [-0.05, 0) is 16.7 Å². The lowest BCUT2D eigenvalue weighted by molar-refractivity contribution is -0.183. The summed E-state index contributed by atoms with van der Waals surface area (Å²) >= 11 is 0. The summed E-state index contributed by atoms with van der Waals surface area (Å²) in [6, 6.07) is 30.9. The molecule has 4 heteroatoms. The van der Waals surface area contributed by atoms with Crippen LogP contribution in [0.1, 0.15) is 16.7 Å². The number of benzene rings is 3. The Morgan fingerprint density at radius 1 is 0.636 bits per heavy atom. The van der Waals surface area contributed by atoms with E-state index in [1.807, 2.05) is 60.7 Å². The first kappa shape index (κ1) is 23.4. The van der Waals surface area contributed by atoms with Crippen molar-refractivity contribution in [2.75, 3.05) is 19.6 Å². The summed E-state index contributed by atoms with van der Waals surface area (Å²) in [6.45, 7) is 7.91. The van der Waals surface area contributed by atoms with Crippen LogP contribution in [0.2, 0.25) is 0 Å². The van der Waals surface area contributed by atoms with Crippen LogP contribution >= 0.6 is 0 Å². The molecule has 33 heavy (non-hydrogen) atoms. The molecular formula is C29H33NO3. The predicted octanol–water partition coefficient (Wildman–Crippen LogP) is 5.24. The van der Waals surface area contributed by atoms with Gasteiger partial charge in [0.15, 0.2) is 0 Å². The minimum Gasteiger partial charge on any atom is -0.369 e. The van der Waals surface area contributed by atoms with E-state index in [1.165, 1.54) is 0 Å². The second kappa shape index (κ2) is 12.5. The SMILES string of the molecule is C=CCN1CC(OCc2ccccc2)C(OCc2ccccc2)C(OCc2ccccc2)C1. The van der Waals surface area contributed by atoms with Crippen LogP contribution in [-0.4, -0.2) is 42.8 Å². The predicted molar refractivity (Wildman–Crippen MR) is 132 cm³/mol. The molecule has 4 nitrogen and oxygen atoms in total. The normalized spacial score (nSPS) is 21.0. The van der Waals surface area contributed by atoms with Gasteiger partial charge in [0.1, 0.15) is 6.10 Å². The Morgan fingerprint density at radius 3 is 1.42 bits per heavy atom. The van der Waals surface area contributed by atoms with Crippen LogP contribution in [-0.2, 0) is 34.0 Å². The number of hydrogen-bond donors (Lipinski definition) is 0. The van der Waals surface area contributed by atoms with Gasteiger partial charge in [0.2, 0.25) is 0 Å². The van der Waals surface area contributed by atoms with Crippen LogP contribution < -0.4 is 0 Å². The summed E-state index contributed by atoms with van der Waals surface area (Å²) < 4.78 is 19.4. The van der Waals surface area contributed by atoms with Crippen molar-refractivity contribution in [1.82, 2.24) is 4.90 Å². The highest BCUT2D eigenvalue weighted by molar-refractivity contribution is 5.15. The second-order valence-electron chi connectivity index (χ2n) is 8.44. The first-order valence-corrected chi connectivity index (χ1v) is 11.6. The third-order valence-corrected chi connectivity index (χ3v) is 5.90. The fraction of sp³-hybridized carbons (Fsp3) is 0.310. The van der Waals surface area contributed by atoms with Crippen LogP contribution in [0.4, 0.5) is 0 Å². The number of ether oxygens (including phenoxy) is 3. The fourth-order valence-corrected chi connectivity index (χ4v) is 4.19. The molecule has 0 radical (unpaired) electrons. The van der Waals surface area contributed by atoms with E-state index in [9.17, 15) is 0 Å².